The topological polar surface area (TPSA) is 115 Å². The van der Waals surface area contributed by atoms with Gasteiger partial charge in [-0.2, -0.15) is 0 Å². The first-order chi connectivity index (χ1) is 13.9. The smallest absolute Gasteiger partial charge is 0.181 e. The molecule has 1 aliphatic rings. The number of nitrogens with zero attached hydrogens (tertiary/aromatic N) is 2. The van der Waals surface area contributed by atoms with Crippen molar-refractivity contribution in [2.75, 3.05) is 18.9 Å². The van der Waals surface area contributed by atoms with E-state index in [9.17, 15) is 13.5 Å². The Morgan fingerprint density at radius 3 is 2.45 bits per heavy atom. The highest BCUT2D eigenvalue weighted by Gasteiger charge is 2.29. The lowest BCUT2D eigenvalue weighted by atomic mass is 10.1. The number of sulfone groups is 1. The maximum Gasteiger partial charge on any atom is 0.181 e. The zero-order valence-corrected chi connectivity index (χ0v) is 16.5. The minimum absolute atomic E-state index is 0.108. The molecule has 29 heavy (non-hydrogen) atoms. The second-order valence-corrected chi connectivity index (χ2v) is 9.15. The molecule has 150 valence electrons. The van der Waals surface area contributed by atoms with Crippen LogP contribution in [0.15, 0.2) is 59.6 Å². The Morgan fingerprint density at radius 2 is 1.76 bits per heavy atom. The molecular weight excluding hydrogens is 390 g/mol. The van der Waals surface area contributed by atoms with Crippen LogP contribution in [0.2, 0.25) is 0 Å². The molecule has 0 bridgehead atoms. The predicted molar refractivity (Wildman–Crippen MR) is 110 cm³/mol. The molecule has 1 saturated heterocycles. The Bertz CT molecular complexity index is 1120. The van der Waals surface area contributed by atoms with Gasteiger partial charge in [0.25, 0.3) is 0 Å². The first kappa shape index (κ1) is 19.4. The van der Waals surface area contributed by atoms with Gasteiger partial charge in [0.15, 0.2) is 9.84 Å². The third-order valence-electron chi connectivity index (χ3n) is 5.01. The standard InChI is InChI=1S/C21H21N3O4S/c22-21-20(15-2-1-3-16(25)12-15)24-19(13-23-21)14-4-6-17(7-5-14)29(26,27)18-8-10-28-11-9-18/h1-7,12-13,18,25H,8-11H2,(H2,22,23). The molecule has 0 amide bonds. The van der Waals surface area contributed by atoms with Crippen LogP contribution >= 0.6 is 0 Å². The summed E-state index contributed by atoms with van der Waals surface area (Å²) in [5.74, 6) is 0.356. The van der Waals surface area contributed by atoms with Crippen LogP contribution in [0.25, 0.3) is 22.5 Å². The third kappa shape index (κ3) is 3.94. The van der Waals surface area contributed by atoms with Gasteiger partial charge in [0.1, 0.15) is 17.3 Å². The highest BCUT2D eigenvalue weighted by Crippen LogP contribution is 2.29. The van der Waals surface area contributed by atoms with Gasteiger partial charge in [0, 0.05) is 24.3 Å². The highest BCUT2D eigenvalue weighted by atomic mass is 32.2. The van der Waals surface area contributed by atoms with E-state index in [-0.39, 0.29) is 11.6 Å². The molecule has 1 aromatic heterocycles. The van der Waals surface area contributed by atoms with Gasteiger partial charge < -0.3 is 15.6 Å². The van der Waals surface area contributed by atoms with Crippen molar-refractivity contribution in [3.8, 4) is 28.3 Å². The van der Waals surface area contributed by atoms with Crippen LogP contribution in [0.1, 0.15) is 12.8 Å². The summed E-state index contributed by atoms with van der Waals surface area (Å²) in [6.45, 7) is 0.946. The number of nitrogen functional groups attached to an aromatic ring is 1. The van der Waals surface area contributed by atoms with Crippen molar-refractivity contribution < 1.29 is 18.3 Å². The van der Waals surface area contributed by atoms with E-state index in [1.807, 2.05) is 0 Å². The number of phenolic OH excluding ortho intramolecular Hbond substituents is 1. The minimum atomic E-state index is -3.39. The van der Waals surface area contributed by atoms with Gasteiger partial charge in [-0.15, -0.1) is 0 Å². The molecule has 1 fully saturated rings. The van der Waals surface area contributed by atoms with Crippen molar-refractivity contribution in [2.24, 2.45) is 0 Å². The van der Waals surface area contributed by atoms with Gasteiger partial charge in [-0.1, -0.05) is 24.3 Å². The van der Waals surface area contributed by atoms with Crippen LogP contribution in [0.5, 0.6) is 5.75 Å². The van der Waals surface area contributed by atoms with E-state index in [0.29, 0.717) is 47.9 Å². The SMILES string of the molecule is Nc1ncc(-c2ccc(S(=O)(=O)C3CCOCC3)cc2)nc1-c1cccc(O)c1. The third-order valence-corrected chi connectivity index (χ3v) is 7.28. The number of benzene rings is 2. The summed E-state index contributed by atoms with van der Waals surface area (Å²) in [6.07, 6.45) is 2.57. The fourth-order valence-corrected chi connectivity index (χ4v) is 5.11. The summed E-state index contributed by atoms with van der Waals surface area (Å²) < 4.78 is 30.9. The van der Waals surface area contributed by atoms with Gasteiger partial charge >= 0.3 is 0 Å². The van der Waals surface area contributed by atoms with Crippen LogP contribution in [0, 0.1) is 0 Å². The molecule has 0 saturated carbocycles. The van der Waals surface area contributed by atoms with Crippen molar-refractivity contribution in [2.45, 2.75) is 23.0 Å². The van der Waals surface area contributed by atoms with Gasteiger partial charge in [0.2, 0.25) is 0 Å². The predicted octanol–water partition coefficient (Wildman–Crippen LogP) is 3.05. The lowest BCUT2D eigenvalue weighted by Gasteiger charge is -2.22. The largest absolute Gasteiger partial charge is 0.508 e. The lowest BCUT2D eigenvalue weighted by molar-refractivity contribution is 0.0983. The summed E-state index contributed by atoms with van der Waals surface area (Å²) in [6, 6.07) is 13.3. The van der Waals surface area contributed by atoms with Crippen molar-refractivity contribution in [3.05, 3.63) is 54.7 Å². The van der Waals surface area contributed by atoms with Crippen molar-refractivity contribution in [1.82, 2.24) is 9.97 Å². The zero-order valence-electron chi connectivity index (χ0n) is 15.7. The van der Waals surface area contributed by atoms with E-state index in [0.717, 1.165) is 5.56 Å². The Kier molecular flexibility index (Phi) is 5.21. The van der Waals surface area contributed by atoms with Crippen molar-refractivity contribution in [3.63, 3.8) is 0 Å². The summed E-state index contributed by atoms with van der Waals surface area (Å²) >= 11 is 0. The van der Waals surface area contributed by atoms with Gasteiger partial charge in [0.05, 0.1) is 22.0 Å². The van der Waals surface area contributed by atoms with Crippen LogP contribution in [0.3, 0.4) is 0 Å². The van der Waals surface area contributed by atoms with Crippen molar-refractivity contribution in [1.29, 1.82) is 0 Å². The number of aromatic nitrogens is 2. The molecule has 0 radical (unpaired) electrons. The first-order valence-corrected chi connectivity index (χ1v) is 10.8. The number of ether oxygens (including phenoxy) is 1. The van der Waals surface area contributed by atoms with Gasteiger partial charge in [-0.05, 0) is 37.1 Å². The van der Waals surface area contributed by atoms with Crippen LogP contribution in [0.4, 0.5) is 5.82 Å². The van der Waals surface area contributed by atoms with E-state index in [1.165, 1.54) is 0 Å². The summed E-state index contributed by atoms with van der Waals surface area (Å²) in [4.78, 5) is 9.07. The maximum atomic E-state index is 12.8. The molecule has 0 spiro atoms. The second-order valence-electron chi connectivity index (χ2n) is 6.92. The minimum Gasteiger partial charge on any atom is -0.508 e. The molecule has 4 rings (SSSR count). The van der Waals surface area contributed by atoms with E-state index in [2.05, 4.69) is 9.97 Å². The van der Waals surface area contributed by atoms with Gasteiger partial charge in [-0.3, -0.25) is 0 Å². The van der Waals surface area contributed by atoms with Crippen LogP contribution in [-0.4, -0.2) is 42.0 Å². The number of phenols is 1. The van der Waals surface area contributed by atoms with E-state index in [4.69, 9.17) is 10.5 Å². The maximum absolute atomic E-state index is 12.8. The van der Waals surface area contributed by atoms with E-state index >= 15 is 0 Å². The normalized spacial score (nSPS) is 15.3. The Hall–Kier alpha value is -2.97. The second kappa shape index (κ2) is 7.81. The quantitative estimate of drug-likeness (QED) is 0.678. The molecule has 0 atom stereocenters. The summed E-state index contributed by atoms with van der Waals surface area (Å²) in [5.41, 5.74) is 8.36. The van der Waals surface area contributed by atoms with E-state index in [1.54, 1.807) is 54.7 Å². The van der Waals surface area contributed by atoms with Crippen molar-refractivity contribution >= 4 is 15.7 Å². The highest BCUT2D eigenvalue weighted by molar-refractivity contribution is 7.92. The number of aromatic hydroxyl groups is 1. The molecule has 8 heteroatoms. The van der Waals surface area contributed by atoms with Gasteiger partial charge in [-0.25, -0.2) is 18.4 Å². The lowest BCUT2D eigenvalue weighted by Crippen LogP contribution is -2.28. The molecule has 2 heterocycles. The number of hydrogen-bond acceptors (Lipinski definition) is 7. The molecule has 7 nitrogen and oxygen atoms in total. The van der Waals surface area contributed by atoms with E-state index < -0.39 is 15.1 Å². The Morgan fingerprint density at radius 1 is 1.03 bits per heavy atom. The number of hydrogen-bond donors (Lipinski definition) is 2. The molecule has 1 aliphatic heterocycles. The zero-order chi connectivity index (χ0) is 20.4. The Labute approximate surface area is 169 Å². The molecule has 2 aromatic carbocycles. The average molecular weight is 411 g/mol. The molecule has 3 aromatic rings. The fraction of sp³-hybridized carbons (Fsp3) is 0.238. The molecule has 3 N–H and O–H groups in total. The molecule has 0 aliphatic carbocycles. The summed E-state index contributed by atoms with van der Waals surface area (Å²) in [5, 5.41) is 9.31. The number of rotatable bonds is 4. The fourth-order valence-electron chi connectivity index (χ4n) is 3.40. The average Bonchev–Trinajstić information content (AvgIpc) is 2.75. The number of anilines is 1. The molecular formula is C21H21N3O4S. The summed E-state index contributed by atoms with van der Waals surface area (Å²) in [7, 11) is -3.39. The first-order valence-electron chi connectivity index (χ1n) is 9.29. The van der Waals surface area contributed by atoms with Crippen LogP contribution < -0.4 is 5.73 Å². The number of nitrogens with two attached hydrogens (primary N) is 1. The van der Waals surface area contributed by atoms with Crippen LogP contribution in [-0.2, 0) is 14.6 Å². The molecule has 0 unspecified atom stereocenters. The monoisotopic (exact) mass is 411 g/mol. The Balaban J connectivity index is 1.65.